The Morgan fingerprint density at radius 2 is 2.27 bits per heavy atom. The number of nitrogens with one attached hydrogen (secondary N) is 1. The Morgan fingerprint density at radius 3 is 2.80 bits per heavy atom. The Balaban J connectivity index is 2.86. The standard InChI is InChI=1S/C10H15NO4/c1-3-15-10(14)7-4-5-11-8(7)6(2)9(12)13/h7,11H,3-5H2,1-2H3,(H,12,13)/b8-6-. The van der Waals surface area contributed by atoms with Gasteiger partial charge < -0.3 is 15.2 Å². The zero-order valence-corrected chi connectivity index (χ0v) is 8.87. The van der Waals surface area contributed by atoms with E-state index in [1.165, 1.54) is 6.92 Å². The van der Waals surface area contributed by atoms with E-state index in [1.54, 1.807) is 6.92 Å². The lowest BCUT2D eigenvalue weighted by molar-refractivity contribution is -0.146. The van der Waals surface area contributed by atoms with Gasteiger partial charge in [-0.3, -0.25) is 4.79 Å². The first kappa shape index (κ1) is 11.6. The van der Waals surface area contributed by atoms with Crippen LogP contribution in [0.1, 0.15) is 20.3 Å². The Hall–Kier alpha value is -1.52. The summed E-state index contributed by atoms with van der Waals surface area (Å²) in [6, 6.07) is 0. The first-order valence-corrected chi connectivity index (χ1v) is 4.92. The summed E-state index contributed by atoms with van der Waals surface area (Å²) in [5.74, 6) is -1.80. The molecule has 5 heteroatoms. The van der Waals surface area contributed by atoms with Crippen molar-refractivity contribution >= 4 is 11.9 Å². The van der Waals surface area contributed by atoms with Crippen LogP contribution in [0.4, 0.5) is 0 Å². The highest BCUT2D eigenvalue weighted by atomic mass is 16.5. The molecule has 1 atom stereocenters. The molecule has 1 heterocycles. The summed E-state index contributed by atoms with van der Waals surface area (Å²) < 4.78 is 4.88. The van der Waals surface area contributed by atoms with E-state index in [9.17, 15) is 9.59 Å². The molecular weight excluding hydrogens is 198 g/mol. The number of carboxylic acids is 1. The third-order valence-electron chi connectivity index (χ3n) is 2.39. The number of rotatable bonds is 3. The van der Waals surface area contributed by atoms with Crippen molar-refractivity contribution in [2.45, 2.75) is 20.3 Å². The maximum atomic E-state index is 11.5. The molecule has 1 fully saturated rings. The molecule has 1 aliphatic heterocycles. The van der Waals surface area contributed by atoms with E-state index >= 15 is 0 Å². The molecule has 0 aromatic carbocycles. The van der Waals surface area contributed by atoms with E-state index in [0.29, 0.717) is 25.3 Å². The fourth-order valence-corrected chi connectivity index (χ4v) is 1.61. The van der Waals surface area contributed by atoms with Crippen molar-refractivity contribution in [3.8, 4) is 0 Å². The maximum Gasteiger partial charge on any atom is 0.333 e. The van der Waals surface area contributed by atoms with Crippen LogP contribution in [0.25, 0.3) is 0 Å². The Labute approximate surface area is 88.1 Å². The lowest BCUT2D eigenvalue weighted by atomic mass is 10.0. The number of esters is 1. The molecule has 1 aliphatic rings. The third kappa shape index (κ3) is 2.49. The lowest BCUT2D eigenvalue weighted by Gasteiger charge is -2.11. The number of carbonyl (C=O) groups is 2. The lowest BCUT2D eigenvalue weighted by Crippen LogP contribution is -2.21. The first-order valence-electron chi connectivity index (χ1n) is 4.92. The van der Waals surface area contributed by atoms with Gasteiger partial charge in [0.25, 0.3) is 0 Å². The van der Waals surface area contributed by atoms with Gasteiger partial charge in [-0.15, -0.1) is 0 Å². The molecule has 2 N–H and O–H groups in total. The van der Waals surface area contributed by atoms with Crippen LogP contribution in [0.2, 0.25) is 0 Å². The number of aliphatic carboxylic acids is 1. The van der Waals surface area contributed by atoms with Crippen LogP contribution in [0.3, 0.4) is 0 Å². The van der Waals surface area contributed by atoms with Crippen molar-refractivity contribution < 1.29 is 19.4 Å². The summed E-state index contributed by atoms with van der Waals surface area (Å²) in [7, 11) is 0. The largest absolute Gasteiger partial charge is 0.478 e. The predicted molar refractivity (Wildman–Crippen MR) is 53.1 cm³/mol. The number of hydrogen-bond donors (Lipinski definition) is 2. The van der Waals surface area contributed by atoms with E-state index in [-0.39, 0.29) is 11.5 Å². The van der Waals surface area contributed by atoms with Gasteiger partial charge in [0.2, 0.25) is 0 Å². The molecule has 5 nitrogen and oxygen atoms in total. The van der Waals surface area contributed by atoms with Crippen molar-refractivity contribution in [3.05, 3.63) is 11.3 Å². The van der Waals surface area contributed by atoms with Gasteiger partial charge in [0.1, 0.15) is 0 Å². The summed E-state index contributed by atoms with van der Waals surface area (Å²) >= 11 is 0. The number of ether oxygens (including phenoxy) is 1. The second-order valence-corrected chi connectivity index (χ2v) is 3.36. The van der Waals surface area contributed by atoms with Crippen LogP contribution < -0.4 is 5.32 Å². The first-order chi connectivity index (χ1) is 7.07. The van der Waals surface area contributed by atoms with E-state index in [2.05, 4.69) is 5.32 Å². The minimum atomic E-state index is -1.01. The van der Waals surface area contributed by atoms with E-state index in [1.807, 2.05) is 0 Å². The monoisotopic (exact) mass is 213 g/mol. The molecule has 15 heavy (non-hydrogen) atoms. The Kier molecular flexibility index (Phi) is 3.71. The van der Waals surface area contributed by atoms with Gasteiger partial charge in [-0.2, -0.15) is 0 Å². The molecule has 0 aromatic heterocycles. The van der Waals surface area contributed by atoms with Crippen molar-refractivity contribution in [3.63, 3.8) is 0 Å². The highest BCUT2D eigenvalue weighted by Gasteiger charge is 2.31. The van der Waals surface area contributed by atoms with Gasteiger partial charge in [-0.1, -0.05) is 0 Å². The van der Waals surface area contributed by atoms with E-state index in [4.69, 9.17) is 9.84 Å². The smallest absolute Gasteiger partial charge is 0.333 e. The van der Waals surface area contributed by atoms with Gasteiger partial charge in [0.15, 0.2) is 0 Å². The number of carboxylic acid groups (broad SMARTS) is 1. The topological polar surface area (TPSA) is 75.6 Å². The molecule has 0 saturated carbocycles. The molecule has 1 saturated heterocycles. The van der Waals surface area contributed by atoms with Crippen molar-refractivity contribution in [1.82, 2.24) is 5.32 Å². The van der Waals surface area contributed by atoms with Crippen molar-refractivity contribution in [2.24, 2.45) is 5.92 Å². The average molecular weight is 213 g/mol. The average Bonchev–Trinajstić information content (AvgIpc) is 2.65. The summed E-state index contributed by atoms with van der Waals surface area (Å²) in [6.45, 7) is 4.15. The summed E-state index contributed by atoms with van der Waals surface area (Å²) in [6.07, 6.45) is 0.596. The highest BCUT2D eigenvalue weighted by molar-refractivity contribution is 5.89. The quantitative estimate of drug-likeness (QED) is 0.528. The molecule has 0 spiro atoms. The van der Waals surface area contributed by atoms with Crippen LogP contribution in [-0.4, -0.2) is 30.2 Å². The number of carbonyl (C=O) groups excluding carboxylic acids is 1. The zero-order chi connectivity index (χ0) is 11.4. The van der Waals surface area contributed by atoms with Crippen LogP contribution in [0.15, 0.2) is 11.3 Å². The van der Waals surface area contributed by atoms with E-state index in [0.717, 1.165) is 0 Å². The molecule has 1 rings (SSSR count). The van der Waals surface area contributed by atoms with Gasteiger partial charge in [0.05, 0.1) is 18.1 Å². The van der Waals surface area contributed by atoms with Gasteiger partial charge in [-0.05, 0) is 20.3 Å². The molecule has 0 radical (unpaired) electrons. The molecular formula is C10H15NO4. The van der Waals surface area contributed by atoms with Crippen molar-refractivity contribution in [2.75, 3.05) is 13.2 Å². The van der Waals surface area contributed by atoms with Crippen LogP contribution in [0, 0.1) is 5.92 Å². The van der Waals surface area contributed by atoms with Gasteiger partial charge >= 0.3 is 11.9 Å². The third-order valence-corrected chi connectivity index (χ3v) is 2.39. The van der Waals surface area contributed by atoms with E-state index < -0.39 is 11.9 Å². The molecule has 0 amide bonds. The fourth-order valence-electron chi connectivity index (χ4n) is 1.61. The van der Waals surface area contributed by atoms with Crippen molar-refractivity contribution in [1.29, 1.82) is 0 Å². The zero-order valence-electron chi connectivity index (χ0n) is 8.87. The second kappa shape index (κ2) is 4.82. The second-order valence-electron chi connectivity index (χ2n) is 3.36. The Bertz CT molecular complexity index is 309. The normalized spacial score (nSPS) is 23.2. The Morgan fingerprint density at radius 1 is 1.60 bits per heavy atom. The summed E-state index contributed by atoms with van der Waals surface area (Å²) in [5.41, 5.74) is 0.673. The minimum Gasteiger partial charge on any atom is -0.478 e. The van der Waals surface area contributed by atoms with Gasteiger partial charge in [-0.25, -0.2) is 4.79 Å². The van der Waals surface area contributed by atoms with Crippen LogP contribution >= 0.6 is 0 Å². The predicted octanol–water partition coefficient (Wildman–Crippen LogP) is 0.518. The molecule has 0 bridgehead atoms. The molecule has 0 aromatic rings. The maximum absolute atomic E-state index is 11.5. The van der Waals surface area contributed by atoms with Crippen LogP contribution in [0.5, 0.6) is 0 Å². The van der Waals surface area contributed by atoms with Crippen LogP contribution in [-0.2, 0) is 14.3 Å². The highest BCUT2D eigenvalue weighted by Crippen LogP contribution is 2.23. The minimum absolute atomic E-state index is 0.186. The SMILES string of the molecule is CCOC(=O)C1CCN/C1=C(/C)C(=O)O. The van der Waals surface area contributed by atoms with Gasteiger partial charge in [0, 0.05) is 12.2 Å². The molecule has 1 unspecified atom stereocenters. The molecule has 0 aliphatic carbocycles. The number of hydrogen-bond acceptors (Lipinski definition) is 4. The summed E-state index contributed by atoms with van der Waals surface area (Å²) in [5, 5.41) is 11.7. The summed E-state index contributed by atoms with van der Waals surface area (Å²) in [4.78, 5) is 22.3. The molecule has 84 valence electrons. The fraction of sp³-hybridized carbons (Fsp3) is 0.600.